The minimum atomic E-state index is -0.0494. The molecule has 0 amide bonds. The molecular formula is C16H17NO3S. The van der Waals surface area contributed by atoms with Gasteiger partial charge in [-0.15, -0.1) is 11.8 Å². The molecule has 0 saturated heterocycles. The number of hydrogen-bond donors (Lipinski definition) is 1. The summed E-state index contributed by atoms with van der Waals surface area (Å²) in [4.78, 5) is 1.17. The zero-order valence-electron chi connectivity index (χ0n) is 11.7. The zero-order chi connectivity index (χ0) is 14.7. The van der Waals surface area contributed by atoms with E-state index >= 15 is 0 Å². The van der Waals surface area contributed by atoms with Gasteiger partial charge < -0.3 is 19.9 Å². The fraction of sp³-hybridized carbons (Fsp3) is 0.250. The Hall–Kier alpha value is -1.85. The Bertz CT molecular complexity index is 615. The average Bonchev–Trinajstić information content (AvgIpc) is 3.00. The van der Waals surface area contributed by atoms with Gasteiger partial charge in [-0.25, -0.2) is 0 Å². The molecule has 5 heteroatoms. The van der Waals surface area contributed by atoms with E-state index in [4.69, 9.17) is 19.9 Å². The molecule has 0 spiro atoms. The Morgan fingerprint density at radius 1 is 1.14 bits per heavy atom. The number of ether oxygens (including phenoxy) is 3. The van der Waals surface area contributed by atoms with Crippen LogP contribution in [-0.2, 0) is 0 Å². The standard InChI is InChI=1S/C16H17NO3S/c1-18-12-3-5-13(6-4-12)21-9-14(17)11-2-7-15-16(8-11)20-10-19-15/h2-8,14H,9-10,17H2,1H3. The lowest BCUT2D eigenvalue weighted by Crippen LogP contribution is -2.12. The molecular weight excluding hydrogens is 286 g/mol. The van der Waals surface area contributed by atoms with Crippen LogP contribution in [0.1, 0.15) is 11.6 Å². The van der Waals surface area contributed by atoms with E-state index in [-0.39, 0.29) is 12.8 Å². The quantitative estimate of drug-likeness (QED) is 0.860. The summed E-state index contributed by atoms with van der Waals surface area (Å²) in [5.41, 5.74) is 7.31. The normalized spacial score (nSPS) is 14.0. The second-order valence-electron chi connectivity index (χ2n) is 4.71. The van der Waals surface area contributed by atoms with Crippen LogP contribution in [0.2, 0.25) is 0 Å². The van der Waals surface area contributed by atoms with Crippen LogP contribution in [-0.4, -0.2) is 19.7 Å². The number of rotatable bonds is 5. The van der Waals surface area contributed by atoms with E-state index in [0.29, 0.717) is 0 Å². The van der Waals surface area contributed by atoms with Crippen molar-refractivity contribution in [1.29, 1.82) is 0 Å². The minimum Gasteiger partial charge on any atom is -0.497 e. The third-order valence-corrected chi connectivity index (χ3v) is 4.45. The molecule has 1 aliphatic rings. The van der Waals surface area contributed by atoms with Gasteiger partial charge in [0.1, 0.15) is 5.75 Å². The lowest BCUT2D eigenvalue weighted by Gasteiger charge is -2.12. The maximum Gasteiger partial charge on any atom is 0.231 e. The lowest BCUT2D eigenvalue weighted by molar-refractivity contribution is 0.174. The van der Waals surface area contributed by atoms with Gasteiger partial charge in [0.25, 0.3) is 0 Å². The van der Waals surface area contributed by atoms with Gasteiger partial charge in [0.05, 0.1) is 7.11 Å². The van der Waals surface area contributed by atoms with Crippen molar-refractivity contribution in [2.75, 3.05) is 19.7 Å². The summed E-state index contributed by atoms with van der Waals surface area (Å²) >= 11 is 1.72. The maximum atomic E-state index is 6.25. The molecule has 1 heterocycles. The van der Waals surface area contributed by atoms with Gasteiger partial charge in [0, 0.05) is 16.7 Å². The molecule has 1 atom stereocenters. The summed E-state index contributed by atoms with van der Waals surface area (Å²) in [6.45, 7) is 0.286. The van der Waals surface area contributed by atoms with Gasteiger partial charge in [-0.3, -0.25) is 0 Å². The fourth-order valence-corrected chi connectivity index (χ4v) is 2.99. The summed E-state index contributed by atoms with van der Waals surface area (Å²) < 4.78 is 15.8. The van der Waals surface area contributed by atoms with Gasteiger partial charge in [-0.05, 0) is 42.0 Å². The van der Waals surface area contributed by atoms with E-state index in [1.165, 1.54) is 4.90 Å². The molecule has 0 fully saturated rings. The highest BCUT2D eigenvalue weighted by Gasteiger charge is 2.16. The predicted octanol–water partition coefficient (Wildman–Crippen LogP) is 3.22. The summed E-state index contributed by atoms with van der Waals surface area (Å²) in [5, 5.41) is 0. The number of hydrogen-bond acceptors (Lipinski definition) is 5. The summed E-state index contributed by atoms with van der Waals surface area (Å²) in [7, 11) is 1.66. The highest BCUT2D eigenvalue weighted by molar-refractivity contribution is 7.99. The van der Waals surface area contributed by atoms with E-state index in [0.717, 1.165) is 28.6 Å². The van der Waals surface area contributed by atoms with Crippen LogP contribution >= 0.6 is 11.8 Å². The molecule has 3 rings (SSSR count). The largest absolute Gasteiger partial charge is 0.497 e. The SMILES string of the molecule is COc1ccc(SCC(N)c2ccc3c(c2)OCO3)cc1. The van der Waals surface area contributed by atoms with Crippen molar-refractivity contribution in [1.82, 2.24) is 0 Å². The Kier molecular flexibility index (Phi) is 4.22. The first-order chi connectivity index (χ1) is 10.3. The average molecular weight is 303 g/mol. The number of nitrogens with two attached hydrogens (primary N) is 1. The third kappa shape index (κ3) is 3.25. The van der Waals surface area contributed by atoms with Crippen molar-refractivity contribution in [3.05, 3.63) is 48.0 Å². The molecule has 0 saturated carbocycles. The first kappa shape index (κ1) is 14.1. The molecule has 110 valence electrons. The minimum absolute atomic E-state index is 0.0494. The molecule has 21 heavy (non-hydrogen) atoms. The van der Waals surface area contributed by atoms with Crippen LogP contribution in [0.4, 0.5) is 0 Å². The van der Waals surface area contributed by atoms with E-state index in [9.17, 15) is 0 Å². The number of methoxy groups -OCH3 is 1. The molecule has 0 aromatic heterocycles. The van der Waals surface area contributed by atoms with Crippen molar-refractivity contribution in [2.24, 2.45) is 5.73 Å². The Morgan fingerprint density at radius 2 is 1.90 bits per heavy atom. The Labute approximate surface area is 128 Å². The van der Waals surface area contributed by atoms with Crippen LogP contribution in [0.15, 0.2) is 47.4 Å². The van der Waals surface area contributed by atoms with Crippen LogP contribution in [0.25, 0.3) is 0 Å². The van der Waals surface area contributed by atoms with Crippen LogP contribution in [0.3, 0.4) is 0 Å². The predicted molar refractivity (Wildman–Crippen MR) is 83.2 cm³/mol. The van der Waals surface area contributed by atoms with Crippen LogP contribution in [0, 0.1) is 0 Å². The molecule has 1 aliphatic heterocycles. The number of fused-ring (bicyclic) bond motifs is 1. The van der Waals surface area contributed by atoms with E-state index in [1.807, 2.05) is 42.5 Å². The molecule has 0 bridgehead atoms. The molecule has 2 aromatic carbocycles. The topological polar surface area (TPSA) is 53.7 Å². The van der Waals surface area contributed by atoms with Crippen molar-refractivity contribution in [3.8, 4) is 17.2 Å². The van der Waals surface area contributed by atoms with Gasteiger partial charge in [-0.1, -0.05) is 6.07 Å². The number of benzene rings is 2. The van der Waals surface area contributed by atoms with E-state index < -0.39 is 0 Å². The van der Waals surface area contributed by atoms with E-state index in [1.54, 1.807) is 18.9 Å². The lowest BCUT2D eigenvalue weighted by atomic mass is 10.1. The Morgan fingerprint density at radius 3 is 2.67 bits per heavy atom. The van der Waals surface area contributed by atoms with Crippen LogP contribution in [0.5, 0.6) is 17.2 Å². The van der Waals surface area contributed by atoms with Crippen molar-refractivity contribution in [3.63, 3.8) is 0 Å². The second kappa shape index (κ2) is 6.28. The zero-order valence-corrected chi connectivity index (χ0v) is 12.6. The van der Waals surface area contributed by atoms with Crippen LogP contribution < -0.4 is 19.9 Å². The van der Waals surface area contributed by atoms with Gasteiger partial charge >= 0.3 is 0 Å². The summed E-state index contributed by atoms with van der Waals surface area (Å²) in [6, 6.07) is 13.8. The smallest absolute Gasteiger partial charge is 0.231 e. The molecule has 4 nitrogen and oxygen atoms in total. The van der Waals surface area contributed by atoms with Crippen molar-refractivity contribution < 1.29 is 14.2 Å². The highest BCUT2D eigenvalue weighted by Crippen LogP contribution is 2.35. The summed E-state index contributed by atoms with van der Waals surface area (Å²) in [5.74, 6) is 3.22. The second-order valence-corrected chi connectivity index (χ2v) is 5.80. The monoisotopic (exact) mass is 303 g/mol. The molecule has 0 aliphatic carbocycles. The Balaban J connectivity index is 1.61. The van der Waals surface area contributed by atoms with E-state index in [2.05, 4.69) is 0 Å². The molecule has 2 aromatic rings. The van der Waals surface area contributed by atoms with Gasteiger partial charge in [0.2, 0.25) is 6.79 Å². The number of thioether (sulfide) groups is 1. The van der Waals surface area contributed by atoms with Crippen molar-refractivity contribution in [2.45, 2.75) is 10.9 Å². The molecule has 1 unspecified atom stereocenters. The maximum absolute atomic E-state index is 6.25. The third-order valence-electron chi connectivity index (χ3n) is 3.31. The van der Waals surface area contributed by atoms with Gasteiger partial charge in [-0.2, -0.15) is 0 Å². The van der Waals surface area contributed by atoms with Gasteiger partial charge in [0.15, 0.2) is 11.5 Å². The first-order valence-corrected chi connectivity index (χ1v) is 7.67. The van der Waals surface area contributed by atoms with Crippen molar-refractivity contribution >= 4 is 11.8 Å². The first-order valence-electron chi connectivity index (χ1n) is 6.68. The highest BCUT2D eigenvalue weighted by atomic mass is 32.2. The summed E-state index contributed by atoms with van der Waals surface area (Å²) in [6.07, 6.45) is 0. The molecule has 0 radical (unpaired) electrons. The molecule has 2 N–H and O–H groups in total. The fourth-order valence-electron chi connectivity index (χ4n) is 2.10.